The molecule has 0 aliphatic heterocycles. The van der Waals surface area contributed by atoms with Crippen LogP contribution in [0.5, 0.6) is 0 Å². The van der Waals surface area contributed by atoms with Crippen LogP contribution < -0.4 is 10.6 Å². The van der Waals surface area contributed by atoms with Gasteiger partial charge in [0.05, 0.1) is 11.4 Å². The van der Waals surface area contributed by atoms with E-state index in [9.17, 15) is 13.5 Å². The van der Waals surface area contributed by atoms with E-state index < -0.39 is 9.84 Å². The van der Waals surface area contributed by atoms with Crippen molar-refractivity contribution >= 4 is 32.2 Å². The minimum absolute atomic E-state index is 0.123. The van der Waals surface area contributed by atoms with Gasteiger partial charge in [0.25, 0.3) is 0 Å². The zero-order valence-electron chi connectivity index (χ0n) is 11.3. The van der Waals surface area contributed by atoms with Crippen molar-refractivity contribution in [2.24, 2.45) is 5.92 Å². The molecule has 0 saturated heterocycles. The number of nitrogens with two attached hydrogens (primary N) is 1. The lowest BCUT2D eigenvalue weighted by atomic mass is 9.82. The Kier molecular flexibility index (Phi) is 3.42. The van der Waals surface area contributed by atoms with E-state index in [0.717, 1.165) is 43.8 Å². The largest absolute Gasteiger partial charge is 0.393 e. The summed E-state index contributed by atoms with van der Waals surface area (Å²) < 4.78 is 28.9. The van der Waals surface area contributed by atoms with Gasteiger partial charge in [0.15, 0.2) is 15.7 Å². The van der Waals surface area contributed by atoms with Crippen LogP contribution in [0.3, 0.4) is 0 Å². The van der Waals surface area contributed by atoms with Crippen molar-refractivity contribution < 1.29 is 13.5 Å². The van der Waals surface area contributed by atoms with Crippen LogP contribution in [0.1, 0.15) is 25.7 Å². The third kappa shape index (κ3) is 2.40. The number of sulfone groups is 1. The van der Waals surface area contributed by atoms with Gasteiger partial charge in [-0.2, -0.15) is 4.37 Å². The Hall–Kier alpha value is -0.860. The molecule has 2 saturated carbocycles. The van der Waals surface area contributed by atoms with Crippen molar-refractivity contribution in [2.75, 3.05) is 24.2 Å². The lowest BCUT2D eigenvalue weighted by Crippen LogP contribution is -2.37. The van der Waals surface area contributed by atoms with Gasteiger partial charge in [-0.05, 0) is 43.1 Å². The summed E-state index contributed by atoms with van der Waals surface area (Å²) in [5.41, 5.74) is 5.78. The molecule has 2 aliphatic carbocycles. The van der Waals surface area contributed by atoms with Crippen LogP contribution in [0.15, 0.2) is 4.90 Å². The zero-order chi connectivity index (χ0) is 14.5. The first-order valence-electron chi connectivity index (χ1n) is 6.78. The van der Waals surface area contributed by atoms with E-state index in [1.165, 1.54) is 0 Å². The van der Waals surface area contributed by atoms with Crippen LogP contribution in [0.25, 0.3) is 0 Å². The predicted octanol–water partition coefficient (Wildman–Crippen LogP) is 0.869. The number of rotatable bonds is 5. The molecular weight excluding hydrogens is 298 g/mol. The summed E-state index contributed by atoms with van der Waals surface area (Å²) in [7, 11) is -1.47. The van der Waals surface area contributed by atoms with Crippen LogP contribution in [0.4, 0.5) is 10.8 Å². The third-order valence-corrected chi connectivity index (χ3v) is 7.42. The summed E-state index contributed by atoms with van der Waals surface area (Å²) in [4.78, 5) is 2.13. The molecule has 2 aliphatic rings. The first-order valence-corrected chi connectivity index (χ1v) is 9.09. The average Bonchev–Trinajstić information content (AvgIpc) is 3.11. The van der Waals surface area contributed by atoms with Crippen molar-refractivity contribution in [1.29, 1.82) is 0 Å². The Morgan fingerprint density at radius 1 is 1.45 bits per heavy atom. The number of anilines is 2. The lowest BCUT2D eigenvalue weighted by molar-refractivity contribution is 0.0465. The molecule has 8 heteroatoms. The standard InChI is InChI=1S/C12H19N3O3S2/c1-15(6-7-4-8(16)5-7)12-10(11(13)14-19-12)20(17,18)9-2-3-9/h7-9,16H,2-6H2,1H3,(H2,13,14). The molecule has 2 fully saturated rings. The summed E-state index contributed by atoms with van der Waals surface area (Å²) in [5, 5.41) is 9.68. The van der Waals surface area contributed by atoms with Crippen molar-refractivity contribution in [3.8, 4) is 0 Å². The fraction of sp³-hybridized carbons (Fsp3) is 0.750. The lowest BCUT2D eigenvalue weighted by Gasteiger charge is -2.34. The van der Waals surface area contributed by atoms with Gasteiger partial charge in [0, 0.05) is 13.6 Å². The molecular formula is C12H19N3O3S2. The van der Waals surface area contributed by atoms with Gasteiger partial charge >= 0.3 is 0 Å². The fourth-order valence-electron chi connectivity index (χ4n) is 2.66. The quantitative estimate of drug-likeness (QED) is 0.836. The molecule has 0 amide bonds. The second-order valence-electron chi connectivity index (χ2n) is 5.82. The first kappa shape index (κ1) is 14.1. The van der Waals surface area contributed by atoms with E-state index in [-0.39, 0.29) is 22.1 Å². The van der Waals surface area contributed by atoms with Crippen LogP contribution in [-0.4, -0.2) is 42.8 Å². The number of nitrogen functional groups attached to an aromatic ring is 1. The Bertz CT molecular complexity index is 603. The number of hydrogen-bond donors (Lipinski definition) is 2. The Morgan fingerprint density at radius 3 is 2.65 bits per heavy atom. The molecule has 0 bridgehead atoms. The molecule has 1 heterocycles. The normalized spacial score (nSPS) is 26.3. The van der Waals surface area contributed by atoms with Gasteiger partial charge in [-0.15, -0.1) is 0 Å². The second-order valence-corrected chi connectivity index (χ2v) is 8.74. The molecule has 1 aromatic rings. The van der Waals surface area contributed by atoms with Crippen molar-refractivity contribution in [1.82, 2.24) is 4.37 Å². The highest BCUT2D eigenvalue weighted by molar-refractivity contribution is 7.92. The number of aliphatic hydroxyl groups is 1. The smallest absolute Gasteiger partial charge is 0.187 e. The van der Waals surface area contributed by atoms with Crippen LogP contribution in [0, 0.1) is 5.92 Å². The highest BCUT2D eigenvalue weighted by Crippen LogP contribution is 2.42. The maximum atomic E-state index is 12.4. The number of aromatic nitrogens is 1. The maximum Gasteiger partial charge on any atom is 0.187 e. The highest BCUT2D eigenvalue weighted by atomic mass is 32.2. The zero-order valence-corrected chi connectivity index (χ0v) is 13.0. The van der Waals surface area contributed by atoms with E-state index in [4.69, 9.17) is 5.73 Å². The Morgan fingerprint density at radius 2 is 2.10 bits per heavy atom. The molecule has 0 spiro atoms. The SMILES string of the molecule is CN(CC1CC(O)C1)c1snc(N)c1S(=O)(=O)C1CC1. The van der Waals surface area contributed by atoms with Gasteiger partial charge in [-0.25, -0.2) is 8.42 Å². The molecule has 0 aromatic carbocycles. The topological polar surface area (TPSA) is 96.5 Å². The second kappa shape index (κ2) is 4.85. The highest BCUT2D eigenvalue weighted by Gasteiger charge is 2.41. The first-order chi connectivity index (χ1) is 9.39. The molecule has 20 heavy (non-hydrogen) atoms. The van der Waals surface area contributed by atoms with Gasteiger partial charge in [-0.1, -0.05) is 0 Å². The molecule has 3 N–H and O–H groups in total. The van der Waals surface area contributed by atoms with Gasteiger partial charge in [0.1, 0.15) is 9.90 Å². The minimum Gasteiger partial charge on any atom is -0.393 e. The molecule has 0 unspecified atom stereocenters. The van der Waals surface area contributed by atoms with Crippen molar-refractivity contribution in [3.05, 3.63) is 0 Å². The van der Waals surface area contributed by atoms with E-state index in [2.05, 4.69) is 4.37 Å². The van der Waals surface area contributed by atoms with Crippen LogP contribution in [-0.2, 0) is 9.84 Å². The molecule has 0 atom stereocenters. The predicted molar refractivity (Wildman–Crippen MR) is 78.7 cm³/mol. The summed E-state index contributed by atoms with van der Waals surface area (Å²) in [6.45, 7) is 0.728. The van der Waals surface area contributed by atoms with E-state index in [0.29, 0.717) is 10.9 Å². The number of nitrogens with zero attached hydrogens (tertiary/aromatic N) is 2. The number of aliphatic hydroxyl groups excluding tert-OH is 1. The molecule has 1 aromatic heterocycles. The van der Waals surface area contributed by atoms with Crippen molar-refractivity contribution in [2.45, 2.75) is 41.9 Å². The minimum atomic E-state index is -3.33. The monoisotopic (exact) mass is 317 g/mol. The van der Waals surface area contributed by atoms with E-state index in [1.807, 2.05) is 11.9 Å². The Labute approximate surface area is 122 Å². The fourth-order valence-corrected chi connectivity index (χ4v) is 5.68. The van der Waals surface area contributed by atoms with Crippen molar-refractivity contribution in [3.63, 3.8) is 0 Å². The average molecular weight is 317 g/mol. The van der Waals surface area contributed by atoms with Crippen LogP contribution >= 0.6 is 11.5 Å². The van der Waals surface area contributed by atoms with Crippen LogP contribution in [0.2, 0.25) is 0 Å². The molecule has 112 valence electrons. The molecule has 3 rings (SSSR count). The van der Waals surface area contributed by atoms with Gasteiger partial charge < -0.3 is 15.7 Å². The van der Waals surface area contributed by atoms with Gasteiger partial charge in [0.2, 0.25) is 0 Å². The van der Waals surface area contributed by atoms with E-state index in [1.54, 1.807) is 0 Å². The maximum absolute atomic E-state index is 12.4. The summed E-state index contributed by atoms with van der Waals surface area (Å²) >= 11 is 1.14. The Balaban J connectivity index is 1.83. The third-order valence-electron chi connectivity index (χ3n) is 3.99. The summed E-state index contributed by atoms with van der Waals surface area (Å²) in [5.74, 6) is 0.534. The van der Waals surface area contributed by atoms with Gasteiger partial charge in [-0.3, -0.25) is 0 Å². The summed E-state index contributed by atoms with van der Waals surface area (Å²) in [6, 6.07) is 0. The number of hydrogen-bond acceptors (Lipinski definition) is 7. The molecule has 0 radical (unpaired) electrons. The molecule has 6 nitrogen and oxygen atoms in total. The summed E-state index contributed by atoms with van der Waals surface area (Å²) in [6.07, 6.45) is 2.80. The van der Waals surface area contributed by atoms with E-state index >= 15 is 0 Å².